The van der Waals surface area contributed by atoms with Gasteiger partial charge in [-0.25, -0.2) is 9.20 Å². The Morgan fingerprint density at radius 3 is 2.92 bits per heavy atom. The van der Waals surface area contributed by atoms with Crippen LogP contribution in [0.5, 0.6) is 0 Å². The third-order valence-corrected chi connectivity index (χ3v) is 3.92. The van der Waals surface area contributed by atoms with Gasteiger partial charge in [0.1, 0.15) is 6.04 Å². The van der Waals surface area contributed by atoms with Crippen LogP contribution in [0.2, 0.25) is 0 Å². The molecule has 138 valence electrons. The Hall–Kier alpha value is -3.01. The van der Waals surface area contributed by atoms with Gasteiger partial charge >= 0.3 is 5.69 Å². The predicted molar refractivity (Wildman–Crippen MR) is 91.7 cm³/mol. The topological polar surface area (TPSA) is 117 Å². The Morgan fingerprint density at radius 2 is 2.27 bits per heavy atom. The lowest BCUT2D eigenvalue weighted by Gasteiger charge is -2.13. The van der Waals surface area contributed by atoms with E-state index in [1.54, 1.807) is 32.4 Å². The fourth-order valence-electron chi connectivity index (χ4n) is 2.65. The van der Waals surface area contributed by atoms with Gasteiger partial charge in [0.2, 0.25) is 5.91 Å². The summed E-state index contributed by atoms with van der Waals surface area (Å²) in [6, 6.07) is 2.70. The number of nitrogens with one attached hydrogen (secondary N) is 1. The molecule has 3 rings (SSSR count). The van der Waals surface area contributed by atoms with Crippen molar-refractivity contribution in [2.45, 2.75) is 26.3 Å². The first kappa shape index (κ1) is 17.8. The first-order chi connectivity index (χ1) is 12.6. The van der Waals surface area contributed by atoms with Gasteiger partial charge in [-0.05, 0) is 25.5 Å². The molecule has 10 heteroatoms. The Balaban J connectivity index is 2.03. The summed E-state index contributed by atoms with van der Waals surface area (Å²) in [6.07, 6.45) is 2.00. The molecule has 1 amide bonds. The van der Waals surface area contributed by atoms with E-state index in [9.17, 15) is 9.59 Å². The summed E-state index contributed by atoms with van der Waals surface area (Å²) in [7, 11) is 1.55. The zero-order valence-electron chi connectivity index (χ0n) is 14.8. The van der Waals surface area contributed by atoms with Gasteiger partial charge in [-0.2, -0.15) is 9.67 Å². The van der Waals surface area contributed by atoms with Crippen molar-refractivity contribution in [3.63, 3.8) is 0 Å². The van der Waals surface area contributed by atoms with Crippen LogP contribution in [0.1, 0.15) is 25.2 Å². The van der Waals surface area contributed by atoms with Crippen molar-refractivity contribution < 1.29 is 14.1 Å². The van der Waals surface area contributed by atoms with Crippen LogP contribution in [0.4, 0.5) is 0 Å². The van der Waals surface area contributed by atoms with Crippen molar-refractivity contribution in [3.8, 4) is 11.5 Å². The van der Waals surface area contributed by atoms with Crippen molar-refractivity contribution in [3.05, 3.63) is 34.6 Å². The number of amides is 1. The molecule has 0 spiro atoms. The molecule has 1 N–H and O–H groups in total. The van der Waals surface area contributed by atoms with Crippen LogP contribution in [-0.4, -0.2) is 50.5 Å². The minimum Gasteiger partial charge on any atom is -0.383 e. The fourth-order valence-corrected chi connectivity index (χ4v) is 2.65. The van der Waals surface area contributed by atoms with Crippen molar-refractivity contribution >= 4 is 11.6 Å². The summed E-state index contributed by atoms with van der Waals surface area (Å²) in [5.74, 6) is 0.459. The molecule has 0 radical (unpaired) electrons. The number of carbonyl (C=O) groups excluding carboxylic acids is 1. The van der Waals surface area contributed by atoms with Gasteiger partial charge in [0.25, 0.3) is 5.89 Å². The van der Waals surface area contributed by atoms with Gasteiger partial charge in [-0.3, -0.25) is 4.79 Å². The van der Waals surface area contributed by atoms with Crippen LogP contribution in [0, 0.1) is 6.92 Å². The number of hydrogen-bond donors (Lipinski definition) is 1. The third kappa shape index (κ3) is 3.23. The highest BCUT2D eigenvalue weighted by Gasteiger charge is 2.24. The largest absolute Gasteiger partial charge is 0.383 e. The van der Waals surface area contributed by atoms with E-state index >= 15 is 0 Å². The average Bonchev–Trinajstić information content (AvgIpc) is 3.20. The van der Waals surface area contributed by atoms with Gasteiger partial charge < -0.3 is 14.6 Å². The van der Waals surface area contributed by atoms with Crippen LogP contribution in [0.3, 0.4) is 0 Å². The Labute approximate surface area is 148 Å². The van der Waals surface area contributed by atoms with Gasteiger partial charge in [0.05, 0.1) is 12.2 Å². The van der Waals surface area contributed by atoms with E-state index in [1.807, 2.05) is 6.92 Å². The molecule has 0 unspecified atom stereocenters. The van der Waals surface area contributed by atoms with E-state index in [0.29, 0.717) is 36.6 Å². The highest BCUT2D eigenvalue weighted by atomic mass is 16.5. The van der Waals surface area contributed by atoms with Gasteiger partial charge in [-0.1, -0.05) is 12.1 Å². The molecule has 0 aliphatic heterocycles. The number of pyridine rings is 1. The molecule has 3 heterocycles. The summed E-state index contributed by atoms with van der Waals surface area (Å²) in [5.41, 5.74) is 0.467. The summed E-state index contributed by atoms with van der Waals surface area (Å²) in [5, 5.41) is 10.9. The molecular weight excluding hydrogens is 340 g/mol. The summed E-state index contributed by atoms with van der Waals surface area (Å²) >= 11 is 0. The standard InChI is InChI=1S/C16H20N6O4/c1-4-12(14(23)17-7-9-25-3)22-16(24)21-8-5-6-11(13(21)19-22)15-18-10(2)20-26-15/h5-6,8,12H,4,7,9H2,1-3H3,(H,17,23)/t12-/m0/s1. The van der Waals surface area contributed by atoms with Crippen LogP contribution in [0.25, 0.3) is 17.1 Å². The van der Waals surface area contributed by atoms with Crippen molar-refractivity contribution in [1.82, 2.24) is 29.6 Å². The molecule has 26 heavy (non-hydrogen) atoms. The lowest BCUT2D eigenvalue weighted by Crippen LogP contribution is -2.38. The number of hydrogen-bond acceptors (Lipinski definition) is 7. The number of aromatic nitrogens is 5. The quantitative estimate of drug-likeness (QED) is 0.612. The SMILES string of the molecule is CC[C@@H](C(=O)NCCOC)n1nc2c(-c3nc(C)no3)cccn2c1=O. The Kier molecular flexibility index (Phi) is 5.12. The second-order valence-corrected chi connectivity index (χ2v) is 5.70. The molecule has 0 saturated carbocycles. The van der Waals surface area contributed by atoms with Crippen molar-refractivity contribution in [1.29, 1.82) is 0 Å². The number of aryl methyl sites for hydroxylation is 1. The van der Waals surface area contributed by atoms with Crippen LogP contribution in [0.15, 0.2) is 27.6 Å². The normalized spacial score (nSPS) is 12.4. The number of nitrogens with zero attached hydrogens (tertiary/aromatic N) is 5. The number of carbonyl (C=O) groups is 1. The van der Waals surface area contributed by atoms with Crippen molar-refractivity contribution in [2.75, 3.05) is 20.3 Å². The fraction of sp³-hybridized carbons (Fsp3) is 0.438. The molecule has 3 aromatic rings. The van der Waals surface area contributed by atoms with E-state index in [0.717, 1.165) is 0 Å². The Bertz CT molecular complexity index is 973. The molecule has 0 aliphatic carbocycles. The minimum atomic E-state index is -0.725. The first-order valence-electron chi connectivity index (χ1n) is 8.24. The summed E-state index contributed by atoms with van der Waals surface area (Å²) < 4.78 is 12.7. The van der Waals surface area contributed by atoms with Gasteiger partial charge in [0, 0.05) is 19.9 Å². The first-order valence-corrected chi connectivity index (χ1v) is 8.24. The summed E-state index contributed by atoms with van der Waals surface area (Å²) in [4.78, 5) is 29.3. The zero-order valence-corrected chi connectivity index (χ0v) is 14.8. The number of ether oxygens (including phenoxy) is 1. The van der Waals surface area contributed by atoms with Crippen molar-refractivity contribution in [2.24, 2.45) is 0 Å². The smallest absolute Gasteiger partial charge is 0.351 e. The molecule has 0 bridgehead atoms. The van der Waals surface area contributed by atoms with E-state index in [2.05, 4.69) is 20.6 Å². The monoisotopic (exact) mass is 360 g/mol. The molecular formula is C16H20N6O4. The lowest BCUT2D eigenvalue weighted by molar-refractivity contribution is -0.125. The molecule has 0 aliphatic rings. The van der Waals surface area contributed by atoms with Crippen LogP contribution in [-0.2, 0) is 9.53 Å². The second-order valence-electron chi connectivity index (χ2n) is 5.70. The highest BCUT2D eigenvalue weighted by molar-refractivity contribution is 5.80. The molecule has 3 aromatic heterocycles. The molecule has 0 saturated heterocycles. The number of methoxy groups -OCH3 is 1. The van der Waals surface area contributed by atoms with E-state index < -0.39 is 11.7 Å². The van der Waals surface area contributed by atoms with E-state index in [-0.39, 0.29) is 11.8 Å². The number of rotatable bonds is 7. The zero-order chi connectivity index (χ0) is 18.7. The predicted octanol–water partition coefficient (Wildman–Crippen LogP) is 0.568. The molecule has 0 fully saturated rings. The van der Waals surface area contributed by atoms with E-state index in [4.69, 9.17) is 9.26 Å². The molecule has 1 atom stereocenters. The maximum Gasteiger partial charge on any atom is 0.351 e. The van der Waals surface area contributed by atoms with Gasteiger partial charge in [-0.15, -0.1) is 5.10 Å². The third-order valence-electron chi connectivity index (χ3n) is 3.92. The van der Waals surface area contributed by atoms with Crippen LogP contribution < -0.4 is 11.0 Å². The maximum atomic E-state index is 12.7. The highest BCUT2D eigenvalue weighted by Crippen LogP contribution is 2.21. The van der Waals surface area contributed by atoms with Gasteiger partial charge in [0.15, 0.2) is 11.5 Å². The van der Waals surface area contributed by atoms with Crippen LogP contribution >= 0.6 is 0 Å². The minimum absolute atomic E-state index is 0.267. The average molecular weight is 360 g/mol. The summed E-state index contributed by atoms with van der Waals surface area (Å²) in [6.45, 7) is 4.28. The molecule has 10 nitrogen and oxygen atoms in total. The number of fused-ring (bicyclic) bond motifs is 1. The molecule has 0 aromatic carbocycles. The van der Waals surface area contributed by atoms with E-state index in [1.165, 1.54) is 9.08 Å². The maximum absolute atomic E-state index is 12.7. The lowest BCUT2D eigenvalue weighted by atomic mass is 10.2. The Morgan fingerprint density at radius 1 is 1.46 bits per heavy atom. The second kappa shape index (κ2) is 7.48.